The molecule has 3 aromatic rings. The van der Waals surface area contributed by atoms with Crippen LogP contribution in [-0.2, 0) is 40.2 Å². The molecule has 0 saturated carbocycles. The first-order valence-electron chi connectivity index (χ1n) is 12.4. The molecule has 39 heavy (non-hydrogen) atoms. The number of methoxy groups -OCH3 is 1. The molecule has 0 bridgehead atoms. The summed E-state index contributed by atoms with van der Waals surface area (Å²) in [5.74, 6) is -1.04. The molecule has 0 aliphatic carbocycles. The lowest BCUT2D eigenvalue weighted by Gasteiger charge is -2.41. The number of aryl methyl sites for hydroxylation is 2. The number of carbonyl (C=O) groups is 1. The zero-order valence-electron chi connectivity index (χ0n) is 22.0. The van der Waals surface area contributed by atoms with Crippen LogP contribution in [0.2, 0.25) is 0 Å². The molecule has 5 rings (SSSR count). The second kappa shape index (κ2) is 9.40. The molecule has 0 atom stereocenters. The minimum Gasteiger partial charge on any atom is -0.496 e. The summed E-state index contributed by atoms with van der Waals surface area (Å²) >= 11 is 0. The van der Waals surface area contributed by atoms with Gasteiger partial charge in [-0.25, -0.2) is 13.4 Å². The highest BCUT2D eigenvalue weighted by Crippen LogP contribution is 2.39. The normalized spacial score (nSPS) is 17.1. The first-order valence-corrected chi connectivity index (χ1v) is 14.0. The Morgan fingerprint density at radius 3 is 2.59 bits per heavy atom. The van der Waals surface area contributed by atoms with Crippen molar-refractivity contribution < 1.29 is 35.9 Å². The molecule has 0 radical (unpaired) electrons. The van der Waals surface area contributed by atoms with Gasteiger partial charge in [-0.3, -0.25) is 9.36 Å². The Hall–Kier alpha value is -3.32. The Morgan fingerprint density at radius 1 is 1.23 bits per heavy atom. The quantitative estimate of drug-likeness (QED) is 0.468. The number of carbonyl (C=O) groups excluding carboxylic acids is 1. The van der Waals surface area contributed by atoms with E-state index in [1.165, 1.54) is 13.2 Å². The van der Waals surface area contributed by atoms with E-state index in [1.54, 1.807) is 15.5 Å². The second-order valence-electron chi connectivity index (χ2n) is 10.5. The number of alkyl halides is 3. The lowest BCUT2D eigenvalue weighted by molar-refractivity contribution is -0.0437. The van der Waals surface area contributed by atoms with Crippen LogP contribution in [0.5, 0.6) is 5.75 Å². The maximum Gasteiger partial charge on any atom is 0.497 e. The van der Waals surface area contributed by atoms with Crippen LogP contribution >= 0.6 is 0 Å². The average Bonchev–Trinajstić information content (AvgIpc) is 3.45. The zero-order chi connectivity index (χ0) is 28.3. The number of fused-ring (bicyclic) bond motifs is 3. The third-order valence-corrected chi connectivity index (χ3v) is 8.60. The van der Waals surface area contributed by atoms with Crippen LogP contribution in [0.1, 0.15) is 41.2 Å². The number of rotatable bonds is 5. The number of aromatic nitrogens is 3. The van der Waals surface area contributed by atoms with Crippen molar-refractivity contribution in [3.63, 3.8) is 0 Å². The predicted octanol–water partition coefficient (Wildman–Crippen LogP) is 3.67. The summed E-state index contributed by atoms with van der Waals surface area (Å²) in [6, 6.07) is 4.80. The van der Waals surface area contributed by atoms with Crippen LogP contribution in [0, 0.1) is 0 Å². The van der Waals surface area contributed by atoms with Crippen LogP contribution in [0.4, 0.5) is 13.2 Å². The molecule has 0 spiro atoms. The lowest BCUT2D eigenvalue weighted by atomic mass is 9.97. The zero-order valence-corrected chi connectivity index (χ0v) is 22.8. The number of benzene rings is 1. The van der Waals surface area contributed by atoms with Gasteiger partial charge in [0.1, 0.15) is 11.6 Å². The van der Waals surface area contributed by atoms with E-state index in [9.17, 15) is 26.4 Å². The summed E-state index contributed by atoms with van der Waals surface area (Å²) in [5.41, 5.74) is -3.31. The molecule has 4 heterocycles. The van der Waals surface area contributed by atoms with Gasteiger partial charge in [-0.15, -0.1) is 0 Å². The number of imidazole rings is 1. The van der Waals surface area contributed by atoms with Crippen molar-refractivity contribution in [2.75, 3.05) is 26.9 Å². The number of amides is 1. The minimum atomic E-state index is -5.46. The molecule has 1 fully saturated rings. The van der Waals surface area contributed by atoms with Crippen LogP contribution in [0.3, 0.4) is 0 Å². The number of morpholine rings is 1. The topological polar surface area (TPSA) is 95.7 Å². The van der Waals surface area contributed by atoms with Crippen molar-refractivity contribution in [2.24, 2.45) is 7.05 Å². The number of hydrogen-bond acceptors (Lipinski definition) is 6. The molecule has 2 aromatic heterocycles. The Labute approximate surface area is 224 Å². The third-order valence-electron chi connectivity index (χ3n) is 7.21. The molecule has 1 saturated heterocycles. The summed E-state index contributed by atoms with van der Waals surface area (Å²) in [6.45, 7) is 5.00. The predicted molar refractivity (Wildman–Crippen MR) is 137 cm³/mol. The maximum absolute atomic E-state index is 13.9. The fraction of sp³-hybridized carbons (Fsp3) is 0.462. The van der Waals surface area contributed by atoms with E-state index in [1.807, 2.05) is 43.9 Å². The van der Waals surface area contributed by atoms with Crippen LogP contribution < -0.4 is 4.74 Å². The summed E-state index contributed by atoms with van der Waals surface area (Å²) in [5, 5.41) is 0. The Balaban J connectivity index is 1.70. The van der Waals surface area contributed by atoms with Gasteiger partial charge < -0.3 is 18.9 Å². The number of halogens is 3. The summed E-state index contributed by atoms with van der Waals surface area (Å²) in [7, 11) is -2.34. The fourth-order valence-electron chi connectivity index (χ4n) is 5.21. The summed E-state index contributed by atoms with van der Waals surface area (Å²) in [6.07, 6.45) is 4.56. The smallest absolute Gasteiger partial charge is 0.496 e. The number of nitrogens with zero attached hydrogens (tertiary/aromatic N) is 4. The Kier molecular flexibility index (Phi) is 6.57. The molecule has 2 aliphatic rings. The number of sulfone groups is 1. The highest BCUT2D eigenvalue weighted by Gasteiger charge is 2.46. The molecule has 13 heteroatoms. The SMILES string of the molecule is COc1cc2c(cc1CS(=O)(=O)C(F)(F)F)-n1c(-c3ccn(C)c3)nc(C(=O)N3CCOCC3(C)C)c1CC2. The molecule has 9 nitrogen and oxygen atoms in total. The Morgan fingerprint density at radius 2 is 1.97 bits per heavy atom. The summed E-state index contributed by atoms with van der Waals surface area (Å²) < 4.78 is 78.3. The Bertz CT molecular complexity index is 1560. The van der Waals surface area contributed by atoms with E-state index < -0.39 is 26.6 Å². The molecule has 1 aromatic carbocycles. The fourth-order valence-corrected chi connectivity index (χ4v) is 6.01. The van der Waals surface area contributed by atoms with Gasteiger partial charge in [0.05, 0.1) is 43.0 Å². The van der Waals surface area contributed by atoms with Gasteiger partial charge >= 0.3 is 5.51 Å². The van der Waals surface area contributed by atoms with Gasteiger partial charge in [-0.1, -0.05) is 0 Å². The van der Waals surface area contributed by atoms with E-state index in [0.29, 0.717) is 55.4 Å². The molecular formula is C26H29F3N4O5S. The van der Waals surface area contributed by atoms with Crippen molar-refractivity contribution in [1.82, 2.24) is 19.0 Å². The van der Waals surface area contributed by atoms with E-state index in [2.05, 4.69) is 0 Å². The summed E-state index contributed by atoms with van der Waals surface area (Å²) in [4.78, 5) is 20.4. The minimum absolute atomic E-state index is 0.0535. The van der Waals surface area contributed by atoms with Crippen LogP contribution in [0.15, 0.2) is 30.6 Å². The monoisotopic (exact) mass is 566 g/mol. The van der Waals surface area contributed by atoms with Crippen molar-refractivity contribution in [2.45, 2.75) is 43.5 Å². The third kappa shape index (κ3) is 4.71. The van der Waals surface area contributed by atoms with E-state index in [0.717, 1.165) is 5.56 Å². The van der Waals surface area contributed by atoms with Crippen molar-refractivity contribution in [1.29, 1.82) is 0 Å². The van der Waals surface area contributed by atoms with E-state index >= 15 is 0 Å². The largest absolute Gasteiger partial charge is 0.497 e. The molecule has 1 amide bonds. The van der Waals surface area contributed by atoms with Gasteiger partial charge in [0.15, 0.2) is 5.69 Å². The van der Waals surface area contributed by atoms with Crippen molar-refractivity contribution in [3.05, 3.63) is 53.1 Å². The number of hydrogen-bond donors (Lipinski definition) is 0. The van der Waals surface area contributed by atoms with Gasteiger partial charge in [0, 0.05) is 37.1 Å². The second-order valence-corrected chi connectivity index (χ2v) is 12.4. The van der Waals surface area contributed by atoms with Gasteiger partial charge in [-0.2, -0.15) is 13.2 Å². The van der Waals surface area contributed by atoms with E-state index in [4.69, 9.17) is 14.5 Å². The molecule has 0 unspecified atom stereocenters. The lowest BCUT2D eigenvalue weighted by Crippen LogP contribution is -2.55. The standard InChI is InChI=1S/C26H29F3N4O5S/c1-25(2)15-38-10-9-32(25)24(34)22-19-6-5-16-12-21(37-4)18(14-39(35,36)26(27,28)29)11-20(16)33(19)23(30-22)17-7-8-31(3)13-17/h7-8,11-13H,5-6,9-10,14-15H2,1-4H3. The molecular weight excluding hydrogens is 537 g/mol. The van der Waals surface area contributed by atoms with Crippen molar-refractivity contribution >= 4 is 15.7 Å². The van der Waals surface area contributed by atoms with E-state index in [-0.39, 0.29) is 22.9 Å². The first-order chi connectivity index (χ1) is 18.2. The molecule has 210 valence electrons. The van der Waals surface area contributed by atoms with Gasteiger partial charge in [-0.05, 0) is 50.5 Å². The maximum atomic E-state index is 13.9. The molecule has 2 aliphatic heterocycles. The van der Waals surface area contributed by atoms with Gasteiger partial charge in [0.2, 0.25) is 0 Å². The first kappa shape index (κ1) is 27.3. The van der Waals surface area contributed by atoms with Crippen LogP contribution in [-0.4, -0.2) is 71.3 Å². The van der Waals surface area contributed by atoms with Crippen LogP contribution in [0.25, 0.3) is 17.1 Å². The van der Waals surface area contributed by atoms with Gasteiger partial charge in [0.25, 0.3) is 15.7 Å². The highest BCUT2D eigenvalue weighted by molar-refractivity contribution is 7.91. The van der Waals surface area contributed by atoms with Crippen molar-refractivity contribution in [3.8, 4) is 22.8 Å². The number of ether oxygens (including phenoxy) is 2. The average molecular weight is 567 g/mol. The molecule has 0 N–H and O–H groups in total. The highest BCUT2D eigenvalue weighted by atomic mass is 32.2.